The van der Waals surface area contributed by atoms with Gasteiger partial charge < -0.3 is 10.6 Å². The maximum atomic E-state index is 11.9. The lowest BCUT2D eigenvalue weighted by Gasteiger charge is -2.30. The van der Waals surface area contributed by atoms with E-state index in [-0.39, 0.29) is 11.9 Å². The number of hydrogen-bond acceptors (Lipinski definition) is 2. The van der Waals surface area contributed by atoms with E-state index in [1.165, 1.54) is 6.42 Å². The molecule has 3 heteroatoms. The number of amides is 1. The van der Waals surface area contributed by atoms with Gasteiger partial charge in [0.15, 0.2) is 0 Å². The quantitative estimate of drug-likeness (QED) is 0.744. The van der Waals surface area contributed by atoms with Gasteiger partial charge in [0.1, 0.15) is 0 Å². The van der Waals surface area contributed by atoms with Crippen molar-refractivity contribution in [2.45, 2.75) is 45.6 Å². The molecule has 0 aromatic rings. The monoisotopic (exact) mass is 198 g/mol. The summed E-state index contributed by atoms with van der Waals surface area (Å²) in [4.78, 5) is 13.8. The number of carbonyl (C=O) groups is 1. The van der Waals surface area contributed by atoms with Crippen LogP contribution in [-0.4, -0.2) is 29.9 Å². The Kier molecular flexibility index (Phi) is 4.39. The molecule has 0 aromatic heterocycles. The number of carbonyl (C=O) groups excluding carboxylic acids is 1. The average molecular weight is 198 g/mol. The fourth-order valence-electron chi connectivity index (χ4n) is 1.82. The van der Waals surface area contributed by atoms with Crippen molar-refractivity contribution in [3.63, 3.8) is 0 Å². The van der Waals surface area contributed by atoms with E-state index < -0.39 is 0 Å². The summed E-state index contributed by atoms with van der Waals surface area (Å²) in [6.07, 6.45) is 4.50. The highest BCUT2D eigenvalue weighted by Crippen LogP contribution is 2.13. The van der Waals surface area contributed by atoms with Gasteiger partial charge in [0, 0.05) is 13.1 Å². The molecule has 0 unspecified atom stereocenters. The molecule has 0 bridgehead atoms. The van der Waals surface area contributed by atoms with Crippen LogP contribution in [0.4, 0.5) is 0 Å². The molecule has 1 saturated heterocycles. The number of rotatable bonds is 3. The summed E-state index contributed by atoms with van der Waals surface area (Å²) in [5, 5.41) is 0. The van der Waals surface area contributed by atoms with E-state index in [2.05, 4.69) is 6.92 Å². The lowest BCUT2D eigenvalue weighted by atomic mass is 9.98. The summed E-state index contributed by atoms with van der Waals surface area (Å²) in [6, 6.07) is -0.293. The maximum Gasteiger partial charge on any atom is 0.239 e. The van der Waals surface area contributed by atoms with Gasteiger partial charge >= 0.3 is 0 Å². The fourth-order valence-corrected chi connectivity index (χ4v) is 1.82. The first-order chi connectivity index (χ1) is 6.66. The predicted molar refractivity (Wildman–Crippen MR) is 57.9 cm³/mol. The minimum atomic E-state index is -0.293. The van der Waals surface area contributed by atoms with Crippen LogP contribution < -0.4 is 5.73 Å². The van der Waals surface area contributed by atoms with Crippen molar-refractivity contribution in [1.82, 2.24) is 4.90 Å². The van der Waals surface area contributed by atoms with Gasteiger partial charge in [0.05, 0.1) is 6.04 Å². The molecular weight excluding hydrogens is 176 g/mol. The molecule has 14 heavy (non-hydrogen) atoms. The van der Waals surface area contributed by atoms with E-state index in [0.717, 1.165) is 32.4 Å². The van der Waals surface area contributed by atoms with Crippen molar-refractivity contribution in [2.75, 3.05) is 13.1 Å². The van der Waals surface area contributed by atoms with Crippen LogP contribution in [0, 0.1) is 5.92 Å². The van der Waals surface area contributed by atoms with Gasteiger partial charge in [-0.2, -0.15) is 0 Å². The highest BCUT2D eigenvalue weighted by molar-refractivity contribution is 5.82. The average Bonchev–Trinajstić information content (AvgIpc) is 2.27. The van der Waals surface area contributed by atoms with Crippen LogP contribution in [0.1, 0.15) is 39.5 Å². The number of likely N-dealkylation sites (tertiary alicyclic amines) is 1. The van der Waals surface area contributed by atoms with Gasteiger partial charge in [-0.05, 0) is 25.2 Å². The zero-order valence-corrected chi connectivity index (χ0v) is 9.33. The molecule has 0 aliphatic carbocycles. The summed E-state index contributed by atoms with van der Waals surface area (Å²) in [6.45, 7) is 5.94. The van der Waals surface area contributed by atoms with Gasteiger partial charge in [-0.25, -0.2) is 0 Å². The number of piperidine rings is 1. The minimum absolute atomic E-state index is 0.152. The second kappa shape index (κ2) is 5.35. The zero-order valence-electron chi connectivity index (χ0n) is 9.33. The standard InChI is InChI=1S/C11H22N2O/c1-3-9(2)10(12)11(14)13-7-5-4-6-8-13/h9-10H,3-8,12H2,1-2H3/t9-,10+/m1/s1. The lowest BCUT2D eigenvalue weighted by molar-refractivity contribution is -0.134. The first kappa shape index (κ1) is 11.5. The molecule has 0 spiro atoms. The number of nitrogens with zero attached hydrogens (tertiary/aromatic N) is 1. The normalized spacial score (nSPS) is 21.8. The molecular formula is C11H22N2O. The van der Waals surface area contributed by atoms with Crippen molar-refractivity contribution in [2.24, 2.45) is 11.7 Å². The van der Waals surface area contributed by atoms with Crippen molar-refractivity contribution in [3.8, 4) is 0 Å². The molecule has 82 valence electrons. The fraction of sp³-hybridized carbons (Fsp3) is 0.909. The molecule has 1 aliphatic heterocycles. The molecule has 2 atom stereocenters. The Labute approximate surface area is 86.6 Å². The Balaban J connectivity index is 2.46. The van der Waals surface area contributed by atoms with Crippen molar-refractivity contribution in [1.29, 1.82) is 0 Å². The van der Waals surface area contributed by atoms with Crippen LogP contribution in [0.25, 0.3) is 0 Å². The second-order valence-corrected chi connectivity index (χ2v) is 4.30. The molecule has 0 aromatic carbocycles. The Hall–Kier alpha value is -0.570. The summed E-state index contributed by atoms with van der Waals surface area (Å²) < 4.78 is 0. The lowest BCUT2D eigenvalue weighted by Crippen LogP contribution is -2.48. The van der Waals surface area contributed by atoms with Gasteiger partial charge in [-0.15, -0.1) is 0 Å². The van der Waals surface area contributed by atoms with Crippen molar-refractivity contribution < 1.29 is 4.79 Å². The minimum Gasteiger partial charge on any atom is -0.341 e. The SMILES string of the molecule is CC[C@@H](C)[C@H](N)C(=O)N1CCCCC1. The molecule has 1 amide bonds. The topological polar surface area (TPSA) is 46.3 Å². The van der Waals surface area contributed by atoms with Crippen LogP contribution >= 0.6 is 0 Å². The van der Waals surface area contributed by atoms with E-state index in [9.17, 15) is 4.79 Å². The number of nitrogens with two attached hydrogens (primary N) is 1. The van der Waals surface area contributed by atoms with E-state index in [1.54, 1.807) is 0 Å². The van der Waals surface area contributed by atoms with E-state index in [4.69, 9.17) is 5.73 Å². The third-order valence-corrected chi connectivity index (χ3v) is 3.21. The summed E-state index contributed by atoms with van der Waals surface area (Å²) in [5.74, 6) is 0.448. The van der Waals surface area contributed by atoms with Crippen LogP contribution in [0.3, 0.4) is 0 Å². The highest BCUT2D eigenvalue weighted by Gasteiger charge is 2.25. The Morgan fingerprint density at radius 3 is 2.43 bits per heavy atom. The third kappa shape index (κ3) is 2.71. The van der Waals surface area contributed by atoms with Gasteiger partial charge in [-0.3, -0.25) is 4.79 Å². The Bertz CT molecular complexity index is 184. The maximum absolute atomic E-state index is 11.9. The first-order valence-electron chi connectivity index (χ1n) is 5.71. The van der Waals surface area contributed by atoms with Crippen LogP contribution in [0.15, 0.2) is 0 Å². The van der Waals surface area contributed by atoms with Gasteiger partial charge in [0.25, 0.3) is 0 Å². The van der Waals surface area contributed by atoms with Crippen molar-refractivity contribution >= 4 is 5.91 Å². The largest absolute Gasteiger partial charge is 0.341 e. The van der Waals surface area contributed by atoms with Crippen LogP contribution in [0.5, 0.6) is 0 Å². The van der Waals surface area contributed by atoms with E-state index in [0.29, 0.717) is 5.92 Å². The predicted octanol–water partition coefficient (Wildman–Crippen LogP) is 1.37. The molecule has 1 heterocycles. The molecule has 0 saturated carbocycles. The smallest absolute Gasteiger partial charge is 0.239 e. The molecule has 2 N–H and O–H groups in total. The third-order valence-electron chi connectivity index (χ3n) is 3.21. The van der Waals surface area contributed by atoms with Crippen LogP contribution in [0.2, 0.25) is 0 Å². The second-order valence-electron chi connectivity index (χ2n) is 4.30. The molecule has 1 rings (SSSR count). The Morgan fingerprint density at radius 2 is 1.93 bits per heavy atom. The Morgan fingerprint density at radius 1 is 1.36 bits per heavy atom. The van der Waals surface area contributed by atoms with Crippen molar-refractivity contribution in [3.05, 3.63) is 0 Å². The van der Waals surface area contributed by atoms with E-state index >= 15 is 0 Å². The van der Waals surface area contributed by atoms with E-state index in [1.807, 2.05) is 11.8 Å². The molecule has 1 aliphatic rings. The molecule has 1 fully saturated rings. The molecule has 0 radical (unpaired) electrons. The summed E-state index contributed by atoms with van der Waals surface area (Å²) >= 11 is 0. The van der Waals surface area contributed by atoms with Gasteiger partial charge in [-0.1, -0.05) is 20.3 Å². The van der Waals surface area contributed by atoms with Gasteiger partial charge in [0.2, 0.25) is 5.91 Å². The summed E-state index contributed by atoms with van der Waals surface area (Å²) in [7, 11) is 0. The number of hydrogen-bond donors (Lipinski definition) is 1. The molecule has 3 nitrogen and oxygen atoms in total. The first-order valence-corrected chi connectivity index (χ1v) is 5.71. The summed E-state index contributed by atoms with van der Waals surface area (Å²) in [5.41, 5.74) is 5.91. The zero-order chi connectivity index (χ0) is 10.6. The van der Waals surface area contributed by atoms with Crippen LogP contribution in [-0.2, 0) is 4.79 Å². The highest BCUT2D eigenvalue weighted by atomic mass is 16.2.